The van der Waals surface area contributed by atoms with Gasteiger partial charge in [-0.15, -0.1) is 11.3 Å². The first-order chi connectivity index (χ1) is 15.0. The van der Waals surface area contributed by atoms with Crippen molar-refractivity contribution in [3.63, 3.8) is 0 Å². The summed E-state index contributed by atoms with van der Waals surface area (Å²) in [5.41, 5.74) is 4.30. The number of hydrogen-bond acceptors (Lipinski definition) is 5. The molecule has 1 aromatic heterocycles. The Kier molecular flexibility index (Phi) is 7.59. The predicted octanol–water partition coefficient (Wildman–Crippen LogP) is 4.72. The van der Waals surface area contributed by atoms with Crippen molar-refractivity contribution in [1.82, 2.24) is 10.7 Å². The SMILES string of the molecule is COc1ccc(/C=C(/NC(=O)c2ccccc2)C(=O)N/N=C(\C)c2ccc(Cl)s2)cc1. The van der Waals surface area contributed by atoms with Crippen LogP contribution >= 0.6 is 22.9 Å². The van der Waals surface area contributed by atoms with Crippen LogP contribution < -0.4 is 15.5 Å². The molecule has 0 aliphatic carbocycles. The number of nitrogens with zero attached hydrogens (tertiary/aromatic N) is 1. The zero-order valence-corrected chi connectivity index (χ0v) is 18.5. The molecule has 8 heteroatoms. The van der Waals surface area contributed by atoms with Gasteiger partial charge in [0.2, 0.25) is 0 Å². The van der Waals surface area contributed by atoms with Gasteiger partial charge in [-0.2, -0.15) is 5.10 Å². The summed E-state index contributed by atoms with van der Waals surface area (Å²) in [6, 6.07) is 19.3. The Labute approximate surface area is 189 Å². The first kappa shape index (κ1) is 22.3. The van der Waals surface area contributed by atoms with E-state index >= 15 is 0 Å². The maximum atomic E-state index is 12.8. The molecule has 0 fully saturated rings. The molecule has 0 aliphatic rings. The minimum absolute atomic E-state index is 0.0554. The average molecular weight is 454 g/mol. The van der Waals surface area contributed by atoms with Gasteiger partial charge in [-0.05, 0) is 55.0 Å². The van der Waals surface area contributed by atoms with Crippen LogP contribution in [0, 0.1) is 0 Å². The lowest BCUT2D eigenvalue weighted by molar-refractivity contribution is -0.117. The molecule has 2 aromatic carbocycles. The molecule has 0 saturated heterocycles. The molecule has 0 bridgehead atoms. The van der Waals surface area contributed by atoms with E-state index in [1.54, 1.807) is 74.7 Å². The molecular formula is C23H20ClN3O3S. The third-order valence-corrected chi connectivity index (χ3v) is 5.55. The van der Waals surface area contributed by atoms with E-state index in [2.05, 4.69) is 15.8 Å². The molecule has 3 rings (SSSR count). The van der Waals surface area contributed by atoms with E-state index < -0.39 is 11.8 Å². The summed E-state index contributed by atoms with van der Waals surface area (Å²) in [5.74, 6) is -0.269. The second kappa shape index (κ2) is 10.6. The Morgan fingerprint density at radius 2 is 1.74 bits per heavy atom. The number of methoxy groups -OCH3 is 1. The van der Waals surface area contributed by atoms with Gasteiger partial charge in [-0.1, -0.05) is 41.9 Å². The van der Waals surface area contributed by atoms with Crippen molar-refractivity contribution in [3.8, 4) is 5.75 Å². The fraction of sp³-hybridized carbons (Fsp3) is 0.0870. The standard InChI is InChI=1S/C23H20ClN3O3S/c1-15(20-12-13-21(24)31-20)26-27-23(29)19(14-16-8-10-18(30-2)11-9-16)25-22(28)17-6-4-3-5-7-17/h3-14H,1-2H3,(H,25,28)(H,27,29)/b19-14+,26-15+. The summed E-state index contributed by atoms with van der Waals surface area (Å²) in [7, 11) is 1.57. The predicted molar refractivity (Wildman–Crippen MR) is 125 cm³/mol. The molecule has 31 heavy (non-hydrogen) atoms. The Bertz CT molecular complexity index is 1120. The Morgan fingerprint density at radius 1 is 1.03 bits per heavy atom. The van der Waals surface area contributed by atoms with Crippen LogP contribution in [0.25, 0.3) is 6.08 Å². The molecule has 0 unspecified atom stereocenters. The highest BCUT2D eigenvalue weighted by atomic mass is 35.5. The number of hydrogen-bond donors (Lipinski definition) is 2. The van der Waals surface area contributed by atoms with Crippen molar-refractivity contribution in [2.24, 2.45) is 5.10 Å². The van der Waals surface area contributed by atoms with E-state index in [1.807, 2.05) is 12.1 Å². The number of thiophene rings is 1. The summed E-state index contributed by atoms with van der Waals surface area (Å²) in [6.07, 6.45) is 1.57. The van der Waals surface area contributed by atoms with Crippen LogP contribution in [-0.2, 0) is 4.79 Å². The number of ether oxygens (including phenoxy) is 1. The van der Waals surface area contributed by atoms with Gasteiger partial charge < -0.3 is 10.1 Å². The maximum Gasteiger partial charge on any atom is 0.287 e. The quantitative estimate of drug-likeness (QED) is 0.308. The molecular weight excluding hydrogens is 434 g/mol. The average Bonchev–Trinajstić information content (AvgIpc) is 3.24. The third-order valence-electron chi connectivity index (χ3n) is 4.21. The zero-order valence-electron chi connectivity index (χ0n) is 16.9. The van der Waals surface area contributed by atoms with Crippen LogP contribution in [0.3, 0.4) is 0 Å². The van der Waals surface area contributed by atoms with Crippen molar-refractivity contribution in [2.45, 2.75) is 6.92 Å². The van der Waals surface area contributed by atoms with Crippen molar-refractivity contribution in [2.75, 3.05) is 7.11 Å². The first-order valence-electron chi connectivity index (χ1n) is 9.29. The summed E-state index contributed by atoms with van der Waals surface area (Å²) >= 11 is 7.31. The highest BCUT2D eigenvalue weighted by Crippen LogP contribution is 2.21. The number of halogens is 1. The summed E-state index contributed by atoms with van der Waals surface area (Å²) in [6.45, 7) is 1.76. The summed E-state index contributed by atoms with van der Waals surface area (Å²) < 4.78 is 5.79. The number of benzene rings is 2. The van der Waals surface area contributed by atoms with Crippen LogP contribution in [0.15, 0.2) is 77.5 Å². The number of hydrazone groups is 1. The number of rotatable bonds is 7. The summed E-state index contributed by atoms with van der Waals surface area (Å²) in [5, 5.41) is 6.80. The van der Waals surface area contributed by atoms with E-state index in [0.29, 0.717) is 26.9 Å². The van der Waals surface area contributed by atoms with Gasteiger partial charge in [0.05, 0.1) is 22.0 Å². The molecule has 3 aromatic rings. The fourth-order valence-corrected chi connectivity index (χ4v) is 3.56. The van der Waals surface area contributed by atoms with Gasteiger partial charge in [0, 0.05) is 5.56 Å². The van der Waals surface area contributed by atoms with Gasteiger partial charge in [-0.3, -0.25) is 9.59 Å². The second-order valence-electron chi connectivity index (χ2n) is 6.39. The van der Waals surface area contributed by atoms with Crippen molar-refractivity contribution >= 4 is 46.5 Å². The van der Waals surface area contributed by atoms with Crippen molar-refractivity contribution in [3.05, 3.63) is 92.8 Å². The van der Waals surface area contributed by atoms with Gasteiger partial charge in [0.15, 0.2) is 0 Å². The molecule has 2 amide bonds. The number of amides is 2. The highest BCUT2D eigenvalue weighted by Gasteiger charge is 2.15. The minimum Gasteiger partial charge on any atom is -0.497 e. The van der Waals surface area contributed by atoms with Gasteiger partial charge in [0.1, 0.15) is 11.4 Å². The van der Waals surface area contributed by atoms with Crippen molar-refractivity contribution < 1.29 is 14.3 Å². The molecule has 0 aliphatic heterocycles. The lowest BCUT2D eigenvalue weighted by Crippen LogP contribution is -2.33. The minimum atomic E-state index is -0.554. The zero-order chi connectivity index (χ0) is 22.2. The van der Waals surface area contributed by atoms with Crippen LogP contribution in [0.1, 0.15) is 27.7 Å². The second-order valence-corrected chi connectivity index (χ2v) is 8.11. The number of nitrogens with one attached hydrogen (secondary N) is 2. The van der Waals surface area contributed by atoms with Gasteiger partial charge in [-0.25, -0.2) is 5.43 Å². The summed E-state index contributed by atoms with van der Waals surface area (Å²) in [4.78, 5) is 26.3. The normalized spacial score (nSPS) is 11.7. The molecule has 158 valence electrons. The van der Waals surface area contributed by atoms with E-state index in [0.717, 1.165) is 4.88 Å². The Balaban J connectivity index is 1.83. The highest BCUT2D eigenvalue weighted by molar-refractivity contribution is 7.18. The van der Waals surface area contributed by atoms with Gasteiger partial charge in [0.25, 0.3) is 11.8 Å². The van der Waals surface area contributed by atoms with Crippen molar-refractivity contribution in [1.29, 1.82) is 0 Å². The third kappa shape index (κ3) is 6.28. The first-order valence-corrected chi connectivity index (χ1v) is 10.5. The Hall–Kier alpha value is -3.42. The number of carbonyl (C=O) groups is 2. The van der Waals surface area contributed by atoms with E-state index in [1.165, 1.54) is 11.3 Å². The molecule has 0 spiro atoms. The topological polar surface area (TPSA) is 79.8 Å². The smallest absolute Gasteiger partial charge is 0.287 e. The van der Waals surface area contributed by atoms with E-state index in [-0.39, 0.29) is 5.70 Å². The lowest BCUT2D eigenvalue weighted by Gasteiger charge is -2.10. The van der Waals surface area contributed by atoms with Crippen LogP contribution in [-0.4, -0.2) is 24.6 Å². The van der Waals surface area contributed by atoms with Crippen LogP contribution in [0.2, 0.25) is 4.34 Å². The van der Waals surface area contributed by atoms with Crippen LogP contribution in [0.4, 0.5) is 0 Å². The largest absolute Gasteiger partial charge is 0.497 e. The molecule has 6 nitrogen and oxygen atoms in total. The molecule has 2 N–H and O–H groups in total. The molecule has 0 atom stereocenters. The molecule has 0 saturated carbocycles. The maximum absolute atomic E-state index is 12.8. The van der Waals surface area contributed by atoms with E-state index in [4.69, 9.17) is 16.3 Å². The lowest BCUT2D eigenvalue weighted by atomic mass is 10.1. The van der Waals surface area contributed by atoms with Gasteiger partial charge >= 0.3 is 0 Å². The Morgan fingerprint density at radius 3 is 2.35 bits per heavy atom. The fourth-order valence-electron chi connectivity index (χ4n) is 2.57. The number of carbonyl (C=O) groups excluding carboxylic acids is 2. The van der Waals surface area contributed by atoms with E-state index in [9.17, 15) is 9.59 Å². The monoisotopic (exact) mass is 453 g/mol. The molecule has 0 radical (unpaired) electrons. The molecule has 1 heterocycles. The van der Waals surface area contributed by atoms with Crippen LogP contribution in [0.5, 0.6) is 5.75 Å².